The Morgan fingerprint density at radius 2 is 2.70 bits per heavy atom. The first-order valence-electron chi connectivity index (χ1n) is 2.82. The van der Waals surface area contributed by atoms with Crippen LogP contribution in [0, 0.1) is 6.92 Å². The Morgan fingerprint density at radius 3 is 3.20 bits per heavy atom. The first kappa shape index (κ1) is 6.80. The van der Waals surface area contributed by atoms with Crippen LogP contribution in [-0.2, 0) is 4.79 Å². The molecular weight excluding hydrogens is 134 g/mol. The molecule has 0 bridgehead atoms. The molecule has 0 radical (unpaired) electrons. The van der Waals surface area contributed by atoms with Gasteiger partial charge in [0.2, 0.25) is 0 Å². The molecule has 0 aliphatic rings. The molecule has 10 heavy (non-hydrogen) atoms. The van der Waals surface area contributed by atoms with E-state index >= 15 is 0 Å². The average Bonchev–Trinajstić information content (AvgIpc) is 2.31. The Morgan fingerprint density at radius 1 is 1.90 bits per heavy atom. The van der Waals surface area contributed by atoms with Crippen molar-refractivity contribution >= 4 is 6.29 Å². The molecule has 54 valence electrons. The first-order chi connectivity index (χ1) is 4.83. The minimum Gasteiger partial charge on any atom is -0.468 e. The van der Waals surface area contributed by atoms with E-state index < -0.39 is 0 Å². The number of hydrogen-bond acceptors (Lipinski definition) is 4. The summed E-state index contributed by atoms with van der Waals surface area (Å²) < 4.78 is 9.47. The van der Waals surface area contributed by atoms with Crippen molar-refractivity contribution in [2.24, 2.45) is 0 Å². The van der Waals surface area contributed by atoms with Gasteiger partial charge in [0.15, 0.2) is 6.29 Å². The van der Waals surface area contributed by atoms with Gasteiger partial charge < -0.3 is 9.26 Å². The van der Waals surface area contributed by atoms with Crippen LogP contribution in [0.25, 0.3) is 0 Å². The fraction of sp³-hybridized carbons (Fsp3) is 0.333. The smallest absolute Gasteiger partial charge is 0.254 e. The van der Waals surface area contributed by atoms with Crippen LogP contribution in [0.15, 0.2) is 10.6 Å². The second-order valence-corrected chi connectivity index (χ2v) is 1.75. The van der Waals surface area contributed by atoms with Crippen molar-refractivity contribution in [3.63, 3.8) is 0 Å². The molecule has 1 rings (SSSR count). The van der Waals surface area contributed by atoms with Crippen molar-refractivity contribution in [1.29, 1.82) is 0 Å². The van der Waals surface area contributed by atoms with E-state index in [1.165, 1.54) is 0 Å². The minimum atomic E-state index is 0.0198. The lowest BCUT2D eigenvalue weighted by atomic mass is 10.5. The third kappa shape index (κ3) is 1.58. The molecule has 0 aliphatic carbocycles. The first-order valence-corrected chi connectivity index (χ1v) is 2.82. The van der Waals surface area contributed by atoms with Gasteiger partial charge in [0.25, 0.3) is 5.88 Å². The molecule has 0 saturated heterocycles. The van der Waals surface area contributed by atoms with Crippen molar-refractivity contribution < 1.29 is 14.1 Å². The van der Waals surface area contributed by atoms with Crippen molar-refractivity contribution in [3.8, 4) is 5.88 Å². The van der Waals surface area contributed by atoms with Gasteiger partial charge in [-0.3, -0.25) is 4.79 Å². The summed E-state index contributed by atoms with van der Waals surface area (Å²) in [6.07, 6.45) is 0.657. The van der Waals surface area contributed by atoms with E-state index in [0.29, 0.717) is 17.9 Å². The highest BCUT2D eigenvalue weighted by Crippen LogP contribution is 2.08. The van der Waals surface area contributed by atoms with Crippen LogP contribution in [0.5, 0.6) is 5.88 Å². The number of rotatable bonds is 3. The molecule has 0 amide bonds. The number of carbonyl (C=O) groups excluding carboxylic acids is 1. The third-order valence-electron chi connectivity index (χ3n) is 0.906. The predicted molar refractivity (Wildman–Crippen MR) is 32.8 cm³/mol. The molecule has 1 heterocycles. The Kier molecular flexibility index (Phi) is 2.04. The van der Waals surface area contributed by atoms with Gasteiger partial charge in [-0.1, -0.05) is 0 Å². The normalized spacial score (nSPS) is 9.30. The van der Waals surface area contributed by atoms with Crippen LogP contribution in [0.3, 0.4) is 0 Å². The van der Waals surface area contributed by atoms with E-state index in [2.05, 4.69) is 9.68 Å². The van der Waals surface area contributed by atoms with Gasteiger partial charge in [-0.05, 0) is 12.1 Å². The van der Waals surface area contributed by atoms with E-state index in [-0.39, 0.29) is 6.61 Å². The summed E-state index contributed by atoms with van der Waals surface area (Å²) in [5.41, 5.74) is 0. The molecule has 0 atom stereocenters. The molecule has 1 aromatic rings. The second-order valence-electron chi connectivity index (χ2n) is 1.75. The Bertz CT molecular complexity index is 219. The lowest BCUT2D eigenvalue weighted by molar-refractivity contribution is -0.109. The van der Waals surface area contributed by atoms with Crippen molar-refractivity contribution in [2.75, 3.05) is 6.61 Å². The van der Waals surface area contributed by atoms with Gasteiger partial charge in [-0.15, -0.1) is 0 Å². The predicted octanol–water partition coefficient (Wildman–Crippen LogP) is 0.561. The standard InChI is InChI=1S/C6H7NO3/c1-5-4-6(7-10-5)9-3-2-8/h2,4H,3H2,1H3. The highest BCUT2D eigenvalue weighted by Gasteiger charge is 1.98. The van der Waals surface area contributed by atoms with Gasteiger partial charge in [0.1, 0.15) is 12.4 Å². The fourth-order valence-electron chi connectivity index (χ4n) is 0.531. The summed E-state index contributed by atoms with van der Waals surface area (Å²) in [5, 5.41) is 3.50. The van der Waals surface area contributed by atoms with Gasteiger partial charge >= 0.3 is 0 Å². The van der Waals surface area contributed by atoms with Crippen molar-refractivity contribution in [1.82, 2.24) is 5.16 Å². The maximum atomic E-state index is 9.80. The Hall–Kier alpha value is -1.32. The number of aryl methyl sites for hydroxylation is 1. The highest BCUT2D eigenvalue weighted by molar-refractivity contribution is 5.51. The van der Waals surface area contributed by atoms with Gasteiger partial charge in [-0.25, -0.2) is 0 Å². The van der Waals surface area contributed by atoms with Crippen molar-refractivity contribution in [2.45, 2.75) is 6.92 Å². The maximum absolute atomic E-state index is 9.80. The lowest BCUT2D eigenvalue weighted by Gasteiger charge is -1.90. The highest BCUT2D eigenvalue weighted by atomic mass is 16.5. The molecule has 0 fully saturated rings. The summed E-state index contributed by atoms with van der Waals surface area (Å²) in [7, 11) is 0. The Balaban J connectivity index is 2.49. The quantitative estimate of drug-likeness (QED) is 0.577. The molecule has 4 heteroatoms. The SMILES string of the molecule is Cc1cc(OCC=O)no1. The number of ether oxygens (including phenoxy) is 1. The Labute approximate surface area is 57.8 Å². The summed E-state index contributed by atoms with van der Waals surface area (Å²) in [4.78, 5) is 9.80. The average molecular weight is 141 g/mol. The van der Waals surface area contributed by atoms with Crippen LogP contribution in [-0.4, -0.2) is 18.0 Å². The monoisotopic (exact) mass is 141 g/mol. The zero-order valence-corrected chi connectivity index (χ0v) is 5.53. The van der Waals surface area contributed by atoms with Crippen LogP contribution in [0.4, 0.5) is 0 Å². The van der Waals surface area contributed by atoms with Crippen LogP contribution >= 0.6 is 0 Å². The number of carbonyl (C=O) groups is 1. The summed E-state index contributed by atoms with van der Waals surface area (Å²) in [6, 6.07) is 1.61. The van der Waals surface area contributed by atoms with Crippen LogP contribution in [0.2, 0.25) is 0 Å². The molecule has 0 aliphatic heterocycles. The van der Waals surface area contributed by atoms with E-state index in [1.807, 2.05) is 0 Å². The summed E-state index contributed by atoms with van der Waals surface area (Å²) >= 11 is 0. The summed E-state index contributed by atoms with van der Waals surface area (Å²) in [5.74, 6) is 1.02. The third-order valence-corrected chi connectivity index (χ3v) is 0.906. The molecular formula is C6H7NO3. The molecule has 0 spiro atoms. The molecule has 0 aromatic carbocycles. The molecule has 0 saturated carbocycles. The van der Waals surface area contributed by atoms with Gasteiger partial charge in [0, 0.05) is 6.07 Å². The second kappa shape index (κ2) is 3.00. The van der Waals surface area contributed by atoms with Gasteiger partial charge in [-0.2, -0.15) is 0 Å². The zero-order valence-electron chi connectivity index (χ0n) is 5.53. The van der Waals surface area contributed by atoms with Gasteiger partial charge in [0.05, 0.1) is 0 Å². The topological polar surface area (TPSA) is 52.3 Å². The van der Waals surface area contributed by atoms with E-state index in [0.717, 1.165) is 0 Å². The van der Waals surface area contributed by atoms with Crippen LogP contribution in [0.1, 0.15) is 5.76 Å². The molecule has 0 unspecified atom stereocenters. The van der Waals surface area contributed by atoms with Crippen molar-refractivity contribution in [3.05, 3.63) is 11.8 Å². The fourth-order valence-corrected chi connectivity index (χ4v) is 0.531. The number of hydrogen-bond donors (Lipinski definition) is 0. The van der Waals surface area contributed by atoms with Crippen LogP contribution < -0.4 is 4.74 Å². The minimum absolute atomic E-state index is 0.0198. The number of nitrogens with zero attached hydrogens (tertiary/aromatic N) is 1. The molecule has 4 nitrogen and oxygen atoms in total. The van der Waals surface area contributed by atoms with E-state index in [9.17, 15) is 4.79 Å². The zero-order chi connectivity index (χ0) is 7.40. The summed E-state index contributed by atoms with van der Waals surface area (Å²) in [6.45, 7) is 1.77. The number of aldehydes is 1. The maximum Gasteiger partial charge on any atom is 0.254 e. The van der Waals surface area contributed by atoms with E-state index in [1.54, 1.807) is 13.0 Å². The van der Waals surface area contributed by atoms with E-state index in [4.69, 9.17) is 4.74 Å². The largest absolute Gasteiger partial charge is 0.468 e. The molecule has 1 aromatic heterocycles. The number of aromatic nitrogens is 1. The lowest BCUT2D eigenvalue weighted by Crippen LogP contribution is -1.96. The molecule has 0 N–H and O–H groups in total.